The highest BCUT2D eigenvalue weighted by molar-refractivity contribution is 5.98. The lowest BCUT2D eigenvalue weighted by molar-refractivity contribution is -0.121. The van der Waals surface area contributed by atoms with Crippen molar-refractivity contribution in [1.29, 1.82) is 0 Å². The lowest BCUT2D eigenvalue weighted by atomic mass is 10.2. The number of nitrogens with zero attached hydrogens (tertiary/aromatic N) is 2. The Morgan fingerprint density at radius 1 is 1.27 bits per heavy atom. The highest BCUT2D eigenvalue weighted by atomic mass is 16.7. The number of benzene rings is 1. The molecule has 1 aliphatic heterocycles. The highest BCUT2D eigenvalue weighted by Gasteiger charge is 2.13. The van der Waals surface area contributed by atoms with Crippen LogP contribution in [-0.2, 0) is 16.6 Å². The minimum absolute atomic E-state index is 0.127. The van der Waals surface area contributed by atoms with E-state index >= 15 is 0 Å². The van der Waals surface area contributed by atoms with Gasteiger partial charge in [-0.3, -0.25) is 14.3 Å². The number of carbonyl (C=O) groups excluding carboxylic acids is 2. The Bertz CT molecular complexity index is 886. The Labute approximate surface area is 150 Å². The lowest BCUT2D eigenvalue weighted by Gasteiger charge is -2.06. The fraction of sp³-hybridized carbons (Fsp3) is 0.278. The van der Waals surface area contributed by atoms with Gasteiger partial charge >= 0.3 is 0 Å². The number of anilines is 1. The molecule has 136 valence electrons. The fourth-order valence-electron chi connectivity index (χ4n) is 2.55. The molecule has 3 rings (SSSR count). The van der Waals surface area contributed by atoms with Gasteiger partial charge in [0.1, 0.15) is 0 Å². The van der Waals surface area contributed by atoms with Gasteiger partial charge in [0.15, 0.2) is 11.5 Å². The molecule has 8 nitrogen and oxygen atoms in total. The van der Waals surface area contributed by atoms with Crippen molar-refractivity contribution in [2.24, 2.45) is 7.05 Å². The van der Waals surface area contributed by atoms with E-state index in [0.29, 0.717) is 17.2 Å². The maximum atomic E-state index is 12.0. The topological polar surface area (TPSA) is 94.5 Å². The van der Waals surface area contributed by atoms with Gasteiger partial charge in [-0.25, -0.2) is 0 Å². The first-order chi connectivity index (χ1) is 12.4. The van der Waals surface area contributed by atoms with Gasteiger partial charge in [-0.15, -0.1) is 0 Å². The zero-order chi connectivity index (χ0) is 18.7. The summed E-state index contributed by atoms with van der Waals surface area (Å²) >= 11 is 0. The number of nitrogens with one attached hydrogen (secondary N) is 2. The van der Waals surface area contributed by atoms with Crippen LogP contribution in [0.3, 0.4) is 0 Å². The summed E-state index contributed by atoms with van der Waals surface area (Å²) in [5, 5.41) is 9.55. The second kappa shape index (κ2) is 7.30. The molecular formula is C18H20N4O4. The third kappa shape index (κ3) is 3.85. The van der Waals surface area contributed by atoms with Gasteiger partial charge in [0.25, 0.3) is 0 Å². The van der Waals surface area contributed by atoms with Gasteiger partial charge in [0.2, 0.25) is 18.6 Å². The molecule has 0 bridgehead atoms. The number of hydrogen-bond acceptors (Lipinski definition) is 5. The zero-order valence-corrected chi connectivity index (χ0v) is 14.8. The van der Waals surface area contributed by atoms with Crippen LogP contribution in [0.5, 0.6) is 11.5 Å². The van der Waals surface area contributed by atoms with Crippen molar-refractivity contribution < 1.29 is 19.1 Å². The van der Waals surface area contributed by atoms with Crippen LogP contribution >= 0.6 is 0 Å². The summed E-state index contributed by atoms with van der Waals surface area (Å²) in [6.07, 6.45) is 3.01. The van der Waals surface area contributed by atoms with Crippen molar-refractivity contribution in [3.63, 3.8) is 0 Å². The van der Waals surface area contributed by atoms with Crippen LogP contribution in [0.25, 0.3) is 6.08 Å². The second-order valence-electron chi connectivity index (χ2n) is 5.88. The normalized spacial score (nSPS) is 12.4. The van der Waals surface area contributed by atoms with E-state index in [1.54, 1.807) is 29.9 Å². The van der Waals surface area contributed by atoms with Crippen molar-refractivity contribution in [3.05, 3.63) is 41.2 Å². The molecule has 0 aliphatic carbocycles. The van der Waals surface area contributed by atoms with Crippen molar-refractivity contribution in [3.8, 4) is 11.5 Å². The first-order valence-corrected chi connectivity index (χ1v) is 8.09. The number of aryl methyl sites for hydroxylation is 2. The smallest absolute Gasteiger partial charge is 0.244 e. The van der Waals surface area contributed by atoms with E-state index in [1.165, 1.54) is 6.08 Å². The zero-order valence-electron chi connectivity index (χ0n) is 14.8. The molecule has 0 atom stereocenters. The molecule has 2 N–H and O–H groups in total. The van der Waals surface area contributed by atoms with Crippen LogP contribution in [0, 0.1) is 13.8 Å². The van der Waals surface area contributed by atoms with Gasteiger partial charge in [-0.05, 0) is 37.6 Å². The summed E-state index contributed by atoms with van der Waals surface area (Å²) in [6.45, 7) is 3.75. The molecule has 2 amide bonds. The number of fused-ring (bicyclic) bond motifs is 1. The lowest BCUT2D eigenvalue weighted by Crippen LogP contribution is -2.31. The molecule has 0 spiro atoms. The molecule has 1 aliphatic rings. The van der Waals surface area contributed by atoms with Crippen LogP contribution < -0.4 is 20.1 Å². The minimum Gasteiger partial charge on any atom is -0.454 e. The summed E-state index contributed by atoms with van der Waals surface area (Å²) in [7, 11) is 1.81. The number of aromatic nitrogens is 2. The van der Waals surface area contributed by atoms with Crippen molar-refractivity contribution in [1.82, 2.24) is 15.1 Å². The van der Waals surface area contributed by atoms with Crippen molar-refractivity contribution in [2.45, 2.75) is 13.8 Å². The van der Waals surface area contributed by atoms with Crippen molar-refractivity contribution >= 4 is 23.6 Å². The predicted octanol–water partition coefficient (Wildman–Crippen LogP) is 1.53. The Hall–Kier alpha value is -3.29. The molecule has 2 aromatic rings. The Kier molecular flexibility index (Phi) is 4.92. The molecule has 0 unspecified atom stereocenters. The molecule has 2 heterocycles. The Morgan fingerprint density at radius 2 is 2.04 bits per heavy atom. The fourth-order valence-corrected chi connectivity index (χ4v) is 2.55. The largest absolute Gasteiger partial charge is 0.454 e. The van der Waals surface area contributed by atoms with E-state index in [4.69, 9.17) is 9.47 Å². The Balaban J connectivity index is 1.51. The van der Waals surface area contributed by atoms with E-state index in [-0.39, 0.29) is 25.2 Å². The third-order valence-electron chi connectivity index (χ3n) is 4.02. The quantitative estimate of drug-likeness (QED) is 0.793. The second-order valence-corrected chi connectivity index (χ2v) is 5.88. The van der Waals surface area contributed by atoms with E-state index in [9.17, 15) is 9.59 Å². The predicted molar refractivity (Wildman–Crippen MR) is 95.9 cm³/mol. The van der Waals surface area contributed by atoms with Crippen LogP contribution in [0.15, 0.2) is 24.3 Å². The standard InChI is InChI=1S/C18H20N4O4/c1-11-18(12(2)22(3)21-11)20-17(24)9-19-16(23)7-5-13-4-6-14-15(8-13)26-10-25-14/h4-8H,9-10H2,1-3H3,(H,19,23)(H,20,24)/b7-5+. The van der Waals surface area contributed by atoms with Gasteiger partial charge in [0.05, 0.1) is 23.6 Å². The van der Waals surface area contributed by atoms with Crippen LogP contribution in [0.1, 0.15) is 17.0 Å². The SMILES string of the molecule is Cc1nn(C)c(C)c1NC(=O)CNC(=O)/C=C/c1ccc2c(c1)OCO2. The molecule has 1 aromatic carbocycles. The van der Waals surface area contributed by atoms with Gasteiger partial charge in [-0.1, -0.05) is 6.07 Å². The number of amides is 2. The molecule has 0 saturated heterocycles. The van der Waals surface area contributed by atoms with E-state index in [0.717, 1.165) is 17.0 Å². The maximum absolute atomic E-state index is 12.0. The molecule has 26 heavy (non-hydrogen) atoms. The molecular weight excluding hydrogens is 336 g/mol. The molecule has 1 aromatic heterocycles. The van der Waals surface area contributed by atoms with Gasteiger partial charge in [0, 0.05) is 13.1 Å². The van der Waals surface area contributed by atoms with Crippen LogP contribution in [-0.4, -0.2) is 34.9 Å². The van der Waals surface area contributed by atoms with Gasteiger partial charge in [-0.2, -0.15) is 5.10 Å². The summed E-state index contributed by atoms with van der Waals surface area (Å²) in [6, 6.07) is 5.39. The van der Waals surface area contributed by atoms with E-state index in [2.05, 4.69) is 15.7 Å². The average Bonchev–Trinajstić information content (AvgIpc) is 3.17. The molecule has 0 radical (unpaired) electrons. The number of rotatable bonds is 5. The summed E-state index contributed by atoms with van der Waals surface area (Å²) in [4.78, 5) is 23.9. The Morgan fingerprint density at radius 3 is 2.77 bits per heavy atom. The third-order valence-corrected chi connectivity index (χ3v) is 4.02. The molecule has 0 fully saturated rings. The van der Waals surface area contributed by atoms with Crippen molar-refractivity contribution in [2.75, 3.05) is 18.7 Å². The summed E-state index contributed by atoms with van der Waals surface area (Å²) < 4.78 is 12.2. The minimum atomic E-state index is -0.363. The first kappa shape index (κ1) is 17.5. The van der Waals surface area contributed by atoms with Crippen LogP contribution in [0.2, 0.25) is 0 Å². The van der Waals surface area contributed by atoms with Crippen LogP contribution in [0.4, 0.5) is 5.69 Å². The number of hydrogen-bond donors (Lipinski definition) is 2. The number of ether oxygens (including phenoxy) is 2. The maximum Gasteiger partial charge on any atom is 0.244 e. The van der Waals surface area contributed by atoms with E-state index < -0.39 is 0 Å². The van der Waals surface area contributed by atoms with E-state index in [1.807, 2.05) is 19.9 Å². The summed E-state index contributed by atoms with van der Waals surface area (Å²) in [5.41, 5.74) is 3.05. The number of carbonyl (C=O) groups is 2. The summed E-state index contributed by atoms with van der Waals surface area (Å²) in [5.74, 6) is 0.657. The monoisotopic (exact) mass is 356 g/mol. The molecule has 0 saturated carbocycles. The highest BCUT2D eigenvalue weighted by Crippen LogP contribution is 2.32. The molecule has 8 heteroatoms. The average molecular weight is 356 g/mol. The first-order valence-electron chi connectivity index (χ1n) is 8.09. The van der Waals surface area contributed by atoms with Gasteiger partial charge < -0.3 is 20.1 Å².